The highest BCUT2D eigenvalue weighted by Gasteiger charge is 2.45. The largest absolute Gasteiger partial charge is 0.448 e. The second kappa shape index (κ2) is 7.32. The lowest BCUT2D eigenvalue weighted by atomic mass is 10.1. The minimum atomic E-state index is -4.52. The maximum absolute atomic E-state index is 12.8. The smallest absolute Gasteiger partial charge is 0.359 e. The van der Waals surface area contributed by atoms with Gasteiger partial charge in [0.2, 0.25) is 0 Å². The first kappa shape index (κ1) is 17.6. The van der Waals surface area contributed by atoms with Crippen LogP contribution in [-0.2, 0) is 11.4 Å². The Morgan fingerprint density at radius 2 is 1.76 bits per heavy atom. The molecule has 3 rings (SSSR count). The summed E-state index contributed by atoms with van der Waals surface area (Å²) < 4.78 is 53.5. The van der Waals surface area contributed by atoms with Gasteiger partial charge >= 0.3 is 6.18 Å². The van der Waals surface area contributed by atoms with Gasteiger partial charge in [-0.25, -0.2) is 4.39 Å². The number of nitrogens with one attached hydrogen (secondary N) is 2. The summed E-state index contributed by atoms with van der Waals surface area (Å²) in [6.45, 7) is 0.532. The number of alkyl halides is 3. The van der Waals surface area contributed by atoms with E-state index in [2.05, 4.69) is 20.0 Å². The van der Waals surface area contributed by atoms with E-state index >= 15 is 0 Å². The van der Waals surface area contributed by atoms with E-state index in [0.717, 1.165) is 10.5 Å². The van der Waals surface area contributed by atoms with Gasteiger partial charge in [0.1, 0.15) is 5.82 Å². The lowest BCUT2D eigenvalue weighted by Crippen LogP contribution is -2.41. The highest BCUT2D eigenvalue weighted by Crippen LogP contribution is 2.24. The van der Waals surface area contributed by atoms with E-state index in [1.54, 1.807) is 36.4 Å². The van der Waals surface area contributed by atoms with Crippen molar-refractivity contribution >= 4 is 17.8 Å². The van der Waals surface area contributed by atoms with Crippen LogP contribution in [0.3, 0.4) is 0 Å². The highest BCUT2D eigenvalue weighted by molar-refractivity contribution is 7.97. The number of rotatable bonds is 5. The van der Waals surface area contributed by atoms with E-state index in [0.29, 0.717) is 12.1 Å². The Morgan fingerprint density at radius 3 is 2.36 bits per heavy atom. The van der Waals surface area contributed by atoms with Crippen LogP contribution in [-0.4, -0.2) is 18.2 Å². The average molecular weight is 371 g/mol. The van der Waals surface area contributed by atoms with Crippen molar-refractivity contribution in [2.75, 3.05) is 0 Å². The summed E-state index contributed by atoms with van der Waals surface area (Å²) >= 11 is 1.36. The van der Waals surface area contributed by atoms with Crippen molar-refractivity contribution in [3.05, 3.63) is 65.5 Å². The van der Waals surface area contributed by atoms with Crippen molar-refractivity contribution in [1.29, 1.82) is 0 Å². The highest BCUT2D eigenvalue weighted by atomic mass is 32.2. The van der Waals surface area contributed by atoms with Gasteiger partial charge < -0.3 is 10.2 Å². The van der Waals surface area contributed by atoms with Crippen LogP contribution in [0.1, 0.15) is 11.1 Å². The molecule has 2 aromatic carbocycles. The van der Waals surface area contributed by atoms with Crippen LogP contribution in [0.5, 0.6) is 0 Å². The van der Waals surface area contributed by atoms with Gasteiger partial charge in [-0.15, -0.1) is 0 Å². The van der Waals surface area contributed by atoms with E-state index in [1.165, 1.54) is 24.1 Å². The fraction of sp³-hybridized carbons (Fsp3) is 0.188. The quantitative estimate of drug-likeness (QED) is 0.620. The number of oxime groups is 1. The molecule has 1 aliphatic rings. The number of amidine groups is 1. The molecule has 0 spiro atoms. The average Bonchev–Trinajstić information content (AvgIpc) is 3.08. The molecule has 2 aromatic rings. The Morgan fingerprint density at radius 1 is 1.08 bits per heavy atom. The number of hydrogen-bond donors (Lipinski definition) is 2. The molecule has 1 atom stereocenters. The van der Waals surface area contributed by atoms with Crippen LogP contribution < -0.4 is 10.0 Å². The first-order chi connectivity index (χ1) is 11.9. The van der Waals surface area contributed by atoms with Crippen LogP contribution in [0.15, 0.2) is 58.6 Å². The molecule has 0 saturated heterocycles. The summed E-state index contributed by atoms with van der Waals surface area (Å²) in [5.74, 6) is -0.248. The summed E-state index contributed by atoms with van der Waals surface area (Å²) in [6, 6.07) is 13.0. The molecule has 1 heterocycles. The van der Waals surface area contributed by atoms with Gasteiger partial charge in [0.05, 0.1) is 0 Å². The van der Waals surface area contributed by atoms with Crippen molar-refractivity contribution in [2.45, 2.75) is 23.8 Å². The van der Waals surface area contributed by atoms with Gasteiger partial charge in [-0.1, -0.05) is 29.4 Å². The maximum atomic E-state index is 12.8. The third kappa shape index (κ3) is 4.64. The zero-order chi connectivity index (χ0) is 17.9. The van der Waals surface area contributed by atoms with Gasteiger partial charge in [0, 0.05) is 17.0 Å². The SMILES string of the molecule is Fc1ccc(SNCc2ccc(C3=NOC(C(F)(F)F)N3)cc2)cc1. The normalized spacial score (nSPS) is 17.0. The third-order valence-corrected chi connectivity index (χ3v) is 4.12. The molecule has 1 unspecified atom stereocenters. The van der Waals surface area contributed by atoms with Gasteiger partial charge in [-0.3, -0.25) is 4.72 Å². The summed E-state index contributed by atoms with van der Waals surface area (Å²) in [7, 11) is 0. The van der Waals surface area contributed by atoms with Gasteiger partial charge in [0.25, 0.3) is 6.23 Å². The molecule has 0 radical (unpaired) electrons. The van der Waals surface area contributed by atoms with Crippen molar-refractivity contribution < 1.29 is 22.4 Å². The first-order valence-electron chi connectivity index (χ1n) is 7.23. The van der Waals surface area contributed by atoms with E-state index in [1.807, 2.05) is 0 Å². The lowest BCUT2D eigenvalue weighted by molar-refractivity contribution is -0.218. The molecule has 0 aromatic heterocycles. The maximum Gasteiger partial charge on any atom is 0.448 e. The molecule has 0 amide bonds. The molecule has 0 fully saturated rings. The molecular formula is C16H13F4N3OS. The molecule has 2 N–H and O–H groups in total. The van der Waals surface area contributed by atoms with Crippen molar-refractivity contribution in [2.24, 2.45) is 5.16 Å². The topological polar surface area (TPSA) is 45.7 Å². The number of hydrogen-bond acceptors (Lipinski definition) is 5. The first-order valence-corrected chi connectivity index (χ1v) is 8.05. The molecule has 25 heavy (non-hydrogen) atoms. The number of benzene rings is 2. The van der Waals surface area contributed by atoms with Crippen molar-refractivity contribution in [3.63, 3.8) is 0 Å². The Labute approximate surface area is 145 Å². The monoisotopic (exact) mass is 371 g/mol. The van der Waals surface area contributed by atoms with Crippen LogP contribution in [0.2, 0.25) is 0 Å². The summed E-state index contributed by atoms with van der Waals surface area (Å²) in [6.07, 6.45) is -6.64. The lowest BCUT2D eigenvalue weighted by Gasteiger charge is -2.13. The Kier molecular flexibility index (Phi) is 5.14. The zero-order valence-electron chi connectivity index (χ0n) is 12.7. The Hall–Kier alpha value is -2.26. The third-order valence-electron chi connectivity index (χ3n) is 3.32. The molecule has 1 aliphatic heterocycles. The molecule has 9 heteroatoms. The van der Waals surface area contributed by atoms with Gasteiger partial charge in [0.15, 0.2) is 5.84 Å². The second-order valence-electron chi connectivity index (χ2n) is 5.19. The van der Waals surface area contributed by atoms with Crippen LogP contribution in [0, 0.1) is 5.82 Å². The number of nitrogens with zero attached hydrogens (tertiary/aromatic N) is 1. The molecule has 0 saturated carbocycles. The van der Waals surface area contributed by atoms with Gasteiger partial charge in [-0.05, 0) is 41.8 Å². The predicted octanol–water partition coefficient (Wildman–Crippen LogP) is 3.79. The van der Waals surface area contributed by atoms with E-state index < -0.39 is 12.4 Å². The summed E-state index contributed by atoms with van der Waals surface area (Å²) in [4.78, 5) is 5.22. The molecular weight excluding hydrogens is 358 g/mol. The fourth-order valence-corrected chi connectivity index (χ4v) is 2.72. The molecule has 132 valence electrons. The summed E-state index contributed by atoms with van der Waals surface area (Å²) in [5.41, 5.74) is 1.44. The standard InChI is InChI=1S/C16H13F4N3OS/c17-12-5-7-13(8-6-12)25-21-9-10-1-3-11(4-2-10)14-22-15(24-23-14)16(18,19)20/h1-8,15,21H,9H2,(H,22,23). The Bertz CT molecular complexity index is 747. The van der Waals surface area contributed by atoms with Gasteiger partial charge in [-0.2, -0.15) is 13.2 Å². The summed E-state index contributed by atoms with van der Waals surface area (Å²) in [5, 5.41) is 5.62. The Balaban J connectivity index is 1.52. The van der Waals surface area contributed by atoms with Crippen LogP contribution >= 0.6 is 11.9 Å². The molecule has 0 aliphatic carbocycles. The zero-order valence-corrected chi connectivity index (χ0v) is 13.5. The number of halogens is 4. The van der Waals surface area contributed by atoms with E-state index in [9.17, 15) is 17.6 Å². The predicted molar refractivity (Wildman–Crippen MR) is 86.1 cm³/mol. The van der Waals surface area contributed by atoms with Crippen LogP contribution in [0.4, 0.5) is 17.6 Å². The van der Waals surface area contributed by atoms with Crippen molar-refractivity contribution in [1.82, 2.24) is 10.0 Å². The van der Waals surface area contributed by atoms with Crippen molar-refractivity contribution in [3.8, 4) is 0 Å². The molecule has 4 nitrogen and oxygen atoms in total. The van der Waals surface area contributed by atoms with E-state index in [4.69, 9.17) is 0 Å². The second-order valence-corrected chi connectivity index (χ2v) is 6.15. The van der Waals surface area contributed by atoms with Crippen LogP contribution in [0.25, 0.3) is 0 Å². The minimum Gasteiger partial charge on any atom is -0.359 e. The fourth-order valence-electron chi connectivity index (χ4n) is 2.05. The minimum absolute atomic E-state index is 0.0440. The van der Waals surface area contributed by atoms with E-state index in [-0.39, 0.29) is 11.7 Å². The molecule has 0 bridgehead atoms.